The second-order valence-electron chi connectivity index (χ2n) is 4.56. The van der Waals surface area contributed by atoms with Crippen LogP contribution in [0, 0.1) is 0 Å². The Morgan fingerprint density at radius 3 is 2.06 bits per heavy atom. The van der Waals surface area contributed by atoms with E-state index in [4.69, 9.17) is 9.47 Å². The lowest BCUT2D eigenvalue weighted by Crippen LogP contribution is -2.43. The molecule has 0 amide bonds. The molecule has 3 radical (unpaired) electrons. The Morgan fingerprint density at radius 2 is 1.71 bits per heavy atom. The number of hydrogen-bond donors (Lipinski definition) is 0. The van der Waals surface area contributed by atoms with Crippen LogP contribution >= 0.6 is 0 Å². The fourth-order valence-corrected chi connectivity index (χ4v) is 1.93. The van der Waals surface area contributed by atoms with Crippen LogP contribution in [0.4, 0.5) is 0 Å². The highest BCUT2D eigenvalue weighted by Crippen LogP contribution is 2.12. The zero-order chi connectivity index (χ0) is 13.3. The van der Waals surface area contributed by atoms with E-state index in [2.05, 4.69) is 35.9 Å². The number of methoxy groups -OCH3 is 1. The van der Waals surface area contributed by atoms with E-state index in [-0.39, 0.29) is 0 Å². The van der Waals surface area contributed by atoms with Crippen molar-refractivity contribution >= 4 is 10.2 Å². The van der Waals surface area contributed by atoms with Crippen molar-refractivity contribution in [2.75, 3.05) is 26.8 Å². The Balaban J connectivity index is 4.26. The van der Waals surface area contributed by atoms with E-state index in [1.54, 1.807) is 7.11 Å². The van der Waals surface area contributed by atoms with Gasteiger partial charge in [-0.3, -0.25) is 4.90 Å². The van der Waals surface area contributed by atoms with Crippen molar-refractivity contribution < 1.29 is 9.47 Å². The lowest BCUT2D eigenvalue weighted by atomic mass is 10.2. The summed E-state index contributed by atoms with van der Waals surface area (Å²) in [4.78, 5) is 2.51. The van der Waals surface area contributed by atoms with Crippen LogP contribution in [0.2, 0.25) is 0 Å². The van der Waals surface area contributed by atoms with Gasteiger partial charge in [0.05, 0.1) is 6.61 Å². The first-order valence-electron chi connectivity index (χ1n) is 6.68. The maximum absolute atomic E-state index is 5.75. The van der Waals surface area contributed by atoms with Gasteiger partial charge in [-0.05, 0) is 39.3 Å². The van der Waals surface area contributed by atoms with Crippen LogP contribution in [0.5, 0.6) is 0 Å². The lowest BCUT2D eigenvalue weighted by Gasteiger charge is -2.33. The maximum atomic E-state index is 5.75. The largest absolute Gasteiger partial charge is 0.358 e. The third-order valence-corrected chi connectivity index (χ3v) is 3.30. The maximum Gasteiger partial charge on any atom is 0.141 e. The summed E-state index contributed by atoms with van der Waals surface area (Å²) in [5.74, 6) is 0. The molecule has 0 aliphatic rings. The number of ether oxygens (including phenoxy) is 2. The Hall–Kier alpha value is 0.0969. The Labute approximate surface area is 110 Å². The molecule has 101 valence electrons. The average molecular weight is 258 g/mol. The molecule has 0 aliphatic heterocycles. The van der Waals surface area contributed by atoms with Gasteiger partial charge in [-0.2, -0.15) is 0 Å². The average Bonchev–Trinajstić information content (AvgIpc) is 2.30. The third kappa shape index (κ3) is 7.19. The van der Waals surface area contributed by atoms with Crippen molar-refractivity contribution in [3.05, 3.63) is 0 Å². The van der Waals surface area contributed by atoms with E-state index >= 15 is 0 Å². The molecular formula is C13H28NO2Si. The molecule has 0 aromatic carbocycles. The molecule has 0 aromatic heterocycles. The van der Waals surface area contributed by atoms with Crippen molar-refractivity contribution in [3.63, 3.8) is 0 Å². The van der Waals surface area contributed by atoms with Gasteiger partial charge in [0.25, 0.3) is 0 Å². The zero-order valence-corrected chi connectivity index (χ0v) is 13.1. The van der Waals surface area contributed by atoms with Crippen molar-refractivity contribution in [1.82, 2.24) is 4.90 Å². The quantitative estimate of drug-likeness (QED) is 0.444. The standard InChI is InChI=1S/C13H28NO2Si/c1-6-9-14(10-7-2)12(8-3)11-16-13(4,17)15-5/h12H,6-11H2,1-5H3. The van der Waals surface area contributed by atoms with Gasteiger partial charge in [-0.1, -0.05) is 20.8 Å². The molecule has 2 unspecified atom stereocenters. The first-order valence-corrected chi connectivity index (χ1v) is 7.18. The topological polar surface area (TPSA) is 21.7 Å². The Bertz CT molecular complexity index is 182. The molecule has 0 saturated carbocycles. The van der Waals surface area contributed by atoms with Gasteiger partial charge in [0, 0.05) is 13.2 Å². The van der Waals surface area contributed by atoms with Gasteiger partial charge in [-0.25, -0.2) is 0 Å². The number of nitrogens with zero attached hydrogens (tertiary/aromatic N) is 1. The minimum Gasteiger partial charge on any atom is -0.358 e. The van der Waals surface area contributed by atoms with Gasteiger partial charge >= 0.3 is 0 Å². The molecule has 0 aromatic rings. The van der Waals surface area contributed by atoms with Crippen molar-refractivity contribution in [1.29, 1.82) is 0 Å². The first kappa shape index (κ1) is 17.1. The fourth-order valence-electron chi connectivity index (χ4n) is 1.85. The second-order valence-corrected chi connectivity index (χ2v) is 5.47. The summed E-state index contributed by atoms with van der Waals surface area (Å²) in [6.07, 6.45) is 3.48. The molecule has 2 atom stereocenters. The van der Waals surface area contributed by atoms with Gasteiger partial charge in [0.2, 0.25) is 0 Å². The summed E-state index contributed by atoms with van der Waals surface area (Å²) < 4.78 is 11.0. The zero-order valence-electron chi connectivity index (χ0n) is 12.1. The van der Waals surface area contributed by atoms with Gasteiger partial charge < -0.3 is 9.47 Å². The second kappa shape index (κ2) is 9.08. The smallest absolute Gasteiger partial charge is 0.141 e. The van der Waals surface area contributed by atoms with Crippen LogP contribution in [-0.4, -0.2) is 53.4 Å². The van der Waals surface area contributed by atoms with Gasteiger partial charge in [0.15, 0.2) is 0 Å². The first-order chi connectivity index (χ1) is 8.00. The minimum absolute atomic E-state index is 0.473. The molecule has 0 rings (SSSR count). The number of hydrogen-bond acceptors (Lipinski definition) is 3. The van der Waals surface area contributed by atoms with Crippen LogP contribution in [-0.2, 0) is 9.47 Å². The Kier molecular flexibility index (Phi) is 9.14. The molecule has 0 aliphatic carbocycles. The molecule has 3 nitrogen and oxygen atoms in total. The van der Waals surface area contributed by atoms with Crippen LogP contribution in [0.25, 0.3) is 0 Å². The predicted molar refractivity (Wildman–Crippen MR) is 73.4 cm³/mol. The van der Waals surface area contributed by atoms with Crippen molar-refractivity contribution in [3.8, 4) is 0 Å². The molecular weight excluding hydrogens is 230 g/mol. The molecule has 0 spiro atoms. The van der Waals surface area contributed by atoms with Crippen LogP contribution in [0.3, 0.4) is 0 Å². The molecule has 0 heterocycles. The molecule has 4 heteroatoms. The highest BCUT2D eigenvalue weighted by molar-refractivity contribution is 6.13. The summed E-state index contributed by atoms with van der Waals surface area (Å²) in [5.41, 5.74) is -0.669. The summed E-state index contributed by atoms with van der Waals surface area (Å²) >= 11 is 0. The van der Waals surface area contributed by atoms with E-state index in [0.29, 0.717) is 12.6 Å². The highest BCUT2D eigenvalue weighted by Gasteiger charge is 2.21. The van der Waals surface area contributed by atoms with E-state index < -0.39 is 5.41 Å². The normalized spacial score (nSPS) is 17.1. The number of rotatable bonds is 10. The monoisotopic (exact) mass is 258 g/mol. The van der Waals surface area contributed by atoms with E-state index in [9.17, 15) is 0 Å². The molecule has 0 saturated heterocycles. The minimum atomic E-state index is -0.669. The van der Waals surface area contributed by atoms with Crippen LogP contribution in [0.15, 0.2) is 0 Å². The SMILES string of the molecule is CCCN(CCC)C(CC)COC(C)([Si])OC. The van der Waals surface area contributed by atoms with Gasteiger partial charge in [0.1, 0.15) is 15.7 Å². The van der Waals surface area contributed by atoms with E-state index in [1.165, 1.54) is 12.8 Å². The van der Waals surface area contributed by atoms with E-state index in [0.717, 1.165) is 19.5 Å². The molecule has 0 N–H and O–H groups in total. The summed E-state index contributed by atoms with van der Waals surface area (Å²) in [6, 6.07) is 0.473. The molecule has 0 fully saturated rings. The third-order valence-electron chi connectivity index (χ3n) is 2.95. The predicted octanol–water partition coefficient (Wildman–Crippen LogP) is 2.39. The van der Waals surface area contributed by atoms with Crippen molar-refractivity contribution in [2.45, 2.75) is 58.4 Å². The fraction of sp³-hybridized carbons (Fsp3) is 1.00. The van der Waals surface area contributed by atoms with E-state index in [1.807, 2.05) is 6.92 Å². The summed E-state index contributed by atoms with van der Waals surface area (Å²) in [5, 5.41) is 0. The van der Waals surface area contributed by atoms with Crippen molar-refractivity contribution in [2.24, 2.45) is 0 Å². The van der Waals surface area contributed by atoms with Crippen LogP contribution < -0.4 is 0 Å². The molecule has 17 heavy (non-hydrogen) atoms. The van der Waals surface area contributed by atoms with Crippen LogP contribution in [0.1, 0.15) is 47.0 Å². The Morgan fingerprint density at radius 1 is 1.18 bits per heavy atom. The summed E-state index contributed by atoms with van der Waals surface area (Å²) in [7, 11) is 5.10. The molecule has 0 bridgehead atoms. The summed E-state index contributed by atoms with van der Waals surface area (Å²) in [6.45, 7) is 11.5. The van der Waals surface area contributed by atoms with Gasteiger partial charge in [-0.15, -0.1) is 0 Å². The highest BCUT2D eigenvalue weighted by atomic mass is 28.1. The lowest BCUT2D eigenvalue weighted by molar-refractivity contribution is -0.159.